The Kier molecular flexibility index (Phi) is 4.61. The Morgan fingerprint density at radius 1 is 0.938 bits per heavy atom. The fraction of sp³-hybridized carbons (Fsp3) is 0.308. The van der Waals surface area contributed by atoms with Crippen LogP contribution in [0.25, 0.3) is 5.69 Å². The number of nitrogens with zero attached hydrogens (tertiary/aromatic N) is 3. The molecule has 2 heterocycles. The van der Waals surface area contributed by atoms with Crippen LogP contribution < -0.4 is 4.90 Å². The molecule has 0 spiro atoms. The minimum absolute atomic E-state index is 0.0595. The van der Waals surface area contributed by atoms with Gasteiger partial charge >= 0.3 is 0 Å². The van der Waals surface area contributed by atoms with Crippen LogP contribution in [0.5, 0.6) is 0 Å². The number of amides is 2. The van der Waals surface area contributed by atoms with Gasteiger partial charge in [0.2, 0.25) is 11.8 Å². The van der Waals surface area contributed by atoms with E-state index in [2.05, 4.69) is 10.6 Å². The third-order valence-corrected chi connectivity index (χ3v) is 6.89. The molecule has 2 amide bonds. The number of benzene rings is 2. The Labute approximate surface area is 192 Å². The summed E-state index contributed by atoms with van der Waals surface area (Å²) < 4.78 is 2.14. The number of para-hydroxylation sites is 2. The summed E-state index contributed by atoms with van der Waals surface area (Å²) in [4.78, 5) is 30.6. The van der Waals surface area contributed by atoms with Gasteiger partial charge in [-0.1, -0.05) is 35.9 Å². The number of carbonyl (C=O) groups is 2. The van der Waals surface area contributed by atoms with Crippen molar-refractivity contribution in [2.75, 3.05) is 11.4 Å². The second-order valence-electron chi connectivity index (χ2n) is 8.98. The van der Waals surface area contributed by atoms with E-state index in [1.54, 1.807) is 0 Å². The molecular weight excluding hydrogens is 422 g/mol. The predicted octanol–water partition coefficient (Wildman–Crippen LogP) is 4.97. The fourth-order valence-corrected chi connectivity index (χ4v) is 5.01. The van der Waals surface area contributed by atoms with E-state index in [-0.39, 0.29) is 36.4 Å². The maximum Gasteiger partial charge on any atom is 0.247 e. The molecule has 162 valence electrons. The van der Waals surface area contributed by atoms with E-state index < -0.39 is 0 Å². The smallest absolute Gasteiger partial charge is 0.247 e. The molecule has 0 N–H and O–H groups in total. The number of fused-ring (bicyclic) bond motifs is 3. The van der Waals surface area contributed by atoms with Crippen LogP contribution >= 0.6 is 11.6 Å². The summed E-state index contributed by atoms with van der Waals surface area (Å²) >= 11 is 6.35. The number of hydrogen-bond donors (Lipinski definition) is 0. The van der Waals surface area contributed by atoms with Gasteiger partial charge in [-0.05, 0) is 67.6 Å². The van der Waals surface area contributed by atoms with Crippen LogP contribution in [0.3, 0.4) is 0 Å². The summed E-state index contributed by atoms with van der Waals surface area (Å²) in [7, 11) is 0. The summed E-state index contributed by atoms with van der Waals surface area (Å²) in [6, 6.07) is 19.6. The maximum atomic E-state index is 13.9. The van der Waals surface area contributed by atoms with Crippen LogP contribution in [-0.4, -0.2) is 33.9 Å². The Hall–Kier alpha value is -3.05. The van der Waals surface area contributed by atoms with Crippen LogP contribution in [0.4, 0.5) is 5.69 Å². The molecule has 2 aromatic carbocycles. The third-order valence-electron chi connectivity index (χ3n) is 6.66. The third kappa shape index (κ3) is 3.32. The molecule has 0 saturated heterocycles. The molecule has 3 aliphatic rings. The first-order valence-electron chi connectivity index (χ1n) is 11.3. The van der Waals surface area contributed by atoms with Gasteiger partial charge in [-0.2, -0.15) is 0 Å². The van der Waals surface area contributed by atoms with E-state index >= 15 is 0 Å². The first-order chi connectivity index (χ1) is 15.6. The molecule has 0 radical (unpaired) electrons. The fourth-order valence-electron chi connectivity index (χ4n) is 4.81. The molecular formula is C26H24ClN3O2. The monoisotopic (exact) mass is 445 g/mol. The zero-order chi connectivity index (χ0) is 21.8. The zero-order valence-corrected chi connectivity index (χ0v) is 18.4. The van der Waals surface area contributed by atoms with Gasteiger partial charge in [0.05, 0.1) is 17.1 Å². The molecule has 2 saturated carbocycles. The van der Waals surface area contributed by atoms with Gasteiger partial charge in [0, 0.05) is 23.2 Å². The topological polar surface area (TPSA) is 45.6 Å². The largest absolute Gasteiger partial charge is 0.330 e. The van der Waals surface area contributed by atoms with Crippen molar-refractivity contribution < 1.29 is 9.59 Å². The minimum Gasteiger partial charge on any atom is -0.330 e. The van der Waals surface area contributed by atoms with Gasteiger partial charge in [0.25, 0.3) is 0 Å². The van der Waals surface area contributed by atoms with Crippen molar-refractivity contribution in [3.05, 3.63) is 83.1 Å². The van der Waals surface area contributed by atoms with Gasteiger partial charge in [-0.15, -0.1) is 0 Å². The number of hydrogen-bond acceptors (Lipinski definition) is 2. The van der Waals surface area contributed by atoms with E-state index in [0.29, 0.717) is 5.02 Å². The Balaban J connectivity index is 1.44. The van der Waals surface area contributed by atoms with Crippen LogP contribution in [-0.2, 0) is 9.59 Å². The number of carbonyl (C=O) groups excluding carboxylic acids is 2. The van der Waals surface area contributed by atoms with E-state index in [1.165, 1.54) is 0 Å². The average Bonchev–Trinajstić information content (AvgIpc) is 3.73. The highest BCUT2D eigenvalue weighted by Gasteiger charge is 2.43. The van der Waals surface area contributed by atoms with Crippen LogP contribution in [0.2, 0.25) is 5.02 Å². The highest BCUT2D eigenvalue weighted by Crippen LogP contribution is 2.43. The normalized spacial score (nSPS) is 19.3. The van der Waals surface area contributed by atoms with Gasteiger partial charge < -0.3 is 9.47 Å². The lowest BCUT2D eigenvalue weighted by atomic mass is 9.97. The summed E-state index contributed by atoms with van der Waals surface area (Å²) in [6.45, 7) is 0.117. The van der Waals surface area contributed by atoms with Crippen molar-refractivity contribution in [2.45, 2.75) is 37.8 Å². The molecule has 2 fully saturated rings. The van der Waals surface area contributed by atoms with Crippen molar-refractivity contribution in [1.82, 2.24) is 9.47 Å². The van der Waals surface area contributed by atoms with Crippen molar-refractivity contribution in [3.63, 3.8) is 0 Å². The number of halogens is 1. The van der Waals surface area contributed by atoms with Crippen molar-refractivity contribution in [3.8, 4) is 5.69 Å². The molecule has 6 rings (SSSR count). The van der Waals surface area contributed by atoms with Gasteiger partial charge in [0.1, 0.15) is 12.6 Å². The van der Waals surface area contributed by atoms with Gasteiger partial charge in [-0.25, -0.2) is 0 Å². The molecule has 6 heteroatoms. The van der Waals surface area contributed by atoms with Gasteiger partial charge in [-0.3, -0.25) is 14.5 Å². The standard InChI is InChI=1S/C26H24ClN3O2/c27-19-6-3-5-18(15-19)25-23-9-4-14-28(23)21-7-1-2-8-22(21)30(25)24(31)16-29(20-12-13-20)26(32)17-10-11-17/h1-9,14-15,17,20,25H,10-13,16H2. The summed E-state index contributed by atoms with van der Waals surface area (Å²) in [6.07, 6.45) is 5.90. The highest BCUT2D eigenvalue weighted by molar-refractivity contribution is 6.30. The quantitative estimate of drug-likeness (QED) is 0.556. The maximum absolute atomic E-state index is 13.9. The number of rotatable bonds is 5. The second-order valence-corrected chi connectivity index (χ2v) is 9.42. The number of anilines is 1. The lowest BCUT2D eigenvalue weighted by molar-refractivity contribution is -0.137. The zero-order valence-electron chi connectivity index (χ0n) is 17.7. The van der Waals surface area contributed by atoms with Gasteiger partial charge in [0.15, 0.2) is 0 Å². The van der Waals surface area contributed by atoms with E-state index in [1.807, 2.05) is 70.6 Å². The lowest BCUT2D eigenvalue weighted by Crippen LogP contribution is -2.47. The lowest BCUT2D eigenvalue weighted by Gasteiger charge is -2.39. The first-order valence-corrected chi connectivity index (χ1v) is 11.6. The van der Waals surface area contributed by atoms with Crippen molar-refractivity contribution in [1.29, 1.82) is 0 Å². The molecule has 1 unspecified atom stereocenters. The van der Waals surface area contributed by atoms with Crippen LogP contribution in [0.1, 0.15) is 43.0 Å². The molecule has 1 aromatic heterocycles. The minimum atomic E-state index is -0.316. The summed E-state index contributed by atoms with van der Waals surface area (Å²) in [5.41, 5.74) is 3.77. The predicted molar refractivity (Wildman–Crippen MR) is 124 cm³/mol. The van der Waals surface area contributed by atoms with Crippen molar-refractivity contribution >= 4 is 29.1 Å². The molecule has 32 heavy (non-hydrogen) atoms. The molecule has 1 aliphatic heterocycles. The molecule has 1 atom stereocenters. The number of aromatic nitrogens is 1. The van der Waals surface area contributed by atoms with Crippen LogP contribution in [0.15, 0.2) is 66.9 Å². The molecule has 2 aliphatic carbocycles. The van der Waals surface area contributed by atoms with E-state index in [0.717, 1.165) is 48.3 Å². The highest BCUT2D eigenvalue weighted by atomic mass is 35.5. The van der Waals surface area contributed by atoms with E-state index in [4.69, 9.17) is 11.6 Å². The summed E-state index contributed by atoms with van der Waals surface area (Å²) in [5, 5.41) is 0.635. The second kappa shape index (κ2) is 7.52. The molecule has 3 aromatic rings. The van der Waals surface area contributed by atoms with E-state index in [9.17, 15) is 9.59 Å². The SMILES string of the molecule is O=C(C1CC1)N(CC(=O)N1c2ccccc2-n2cccc2C1c1cccc(Cl)c1)C1CC1. The van der Waals surface area contributed by atoms with Crippen LogP contribution in [0, 0.1) is 5.92 Å². The average molecular weight is 446 g/mol. The Morgan fingerprint density at radius 2 is 1.72 bits per heavy atom. The molecule has 0 bridgehead atoms. The Morgan fingerprint density at radius 3 is 2.44 bits per heavy atom. The summed E-state index contributed by atoms with van der Waals surface area (Å²) in [5.74, 6) is 0.197. The Bertz CT molecular complexity index is 1210. The first kappa shape index (κ1) is 19.6. The van der Waals surface area contributed by atoms with Crippen molar-refractivity contribution in [2.24, 2.45) is 5.92 Å². The molecule has 5 nitrogen and oxygen atoms in total.